The molecule has 3 heteroatoms. The molecule has 0 amide bonds. The fourth-order valence-electron chi connectivity index (χ4n) is 1.46. The van der Waals surface area contributed by atoms with Gasteiger partial charge in [0, 0.05) is 18.0 Å². The monoisotopic (exact) mass is 238 g/mol. The van der Waals surface area contributed by atoms with Crippen molar-refractivity contribution in [1.29, 1.82) is 0 Å². The minimum Gasteiger partial charge on any atom is -0.489 e. The largest absolute Gasteiger partial charge is 0.489 e. The van der Waals surface area contributed by atoms with Crippen molar-refractivity contribution in [3.63, 3.8) is 0 Å². The van der Waals surface area contributed by atoms with Gasteiger partial charge in [0.2, 0.25) is 0 Å². The first-order chi connectivity index (χ1) is 8.88. The van der Waals surface area contributed by atoms with E-state index in [2.05, 4.69) is 16.8 Å². The molecule has 0 aliphatic rings. The summed E-state index contributed by atoms with van der Waals surface area (Å²) in [6, 6.07) is 11.5. The maximum atomic E-state index is 5.69. The number of rotatable bonds is 3. The lowest BCUT2D eigenvalue weighted by atomic mass is 10.2. The van der Waals surface area contributed by atoms with Crippen LogP contribution in [0.3, 0.4) is 0 Å². The van der Waals surface area contributed by atoms with Gasteiger partial charge in [-0.3, -0.25) is 4.98 Å². The Morgan fingerprint density at radius 1 is 1.17 bits per heavy atom. The van der Waals surface area contributed by atoms with Crippen molar-refractivity contribution in [3.8, 4) is 17.6 Å². The van der Waals surface area contributed by atoms with E-state index < -0.39 is 0 Å². The maximum Gasteiger partial charge on any atom is 0.121 e. The molecule has 0 spiro atoms. The number of ether oxygens (including phenoxy) is 1. The zero-order valence-electron chi connectivity index (χ0n) is 9.97. The van der Waals surface area contributed by atoms with Crippen LogP contribution in [0.25, 0.3) is 0 Å². The summed E-state index contributed by atoms with van der Waals surface area (Å²) >= 11 is 0. The zero-order chi connectivity index (χ0) is 12.6. The first-order valence-electron chi connectivity index (χ1n) is 5.69. The summed E-state index contributed by atoms with van der Waals surface area (Å²) < 4.78 is 5.69. The summed E-state index contributed by atoms with van der Waals surface area (Å²) in [5, 5.41) is 0. The lowest BCUT2D eigenvalue weighted by Crippen LogP contribution is -1.96. The minimum atomic E-state index is 0.363. The number of benzene rings is 1. The van der Waals surface area contributed by atoms with Crippen LogP contribution in [0.15, 0.2) is 48.8 Å². The van der Waals surface area contributed by atoms with Crippen molar-refractivity contribution >= 4 is 0 Å². The fourth-order valence-corrected chi connectivity index (χ4v) is 1.46. The van der Waals surface area contributed by atoms with Crippen LogP contribution in [0, 0.1) is 11.8 Å². The molecule has 18 heavy (non-hydrogen) atoms. The molecule has 2 N–H and O–H groups in total. The molecule has 1 heterocycles. The molecule has 0 unspecified atom stereocenters. The summed E-state index contributed by atoms with van der Waals surface area (Å²) in [7, 11) is 0. The molecule has 0 aliphatic carbocycles. The standard InChI is InChI=1S/C15H14N2O/c16-8-2-4-13-3-1-5-15(11-13)18-12-14-6-9-17-10-7-14/h1,3,5-7,9-11H,8,12,16H2. The molecular formula is C15H14N2O. The van der Waals surface area contributed by atoms with Crippen molar-refractivity contribution in [1.82, 2.24) is 4.98 Å². The van der Waals surface area contributed by atoms with Crippen LogP contribution in [0.4, 0.5) is 0 Å². The zero-order valence-corrected chi connectivity index (χ0v) is 9.97. The van der Waals surface area contributed by atoms with Crippen molar-refractivity contribution in [2.24, 2.45) is 5.73 Å². The smallest absolute Gasteiger partial charge is 0.121 e. The van der Waals surface area contributed by atoms with E-state index in [9.17, 15) is 0 Å². The number of nitrogens with two attached hydrogens (primary N) is 1. The van der Waals surface area contributed by atoms with Crippen molar-refractivity contribution in [2.75, 3.05) is 6.54 Å². The number of nitrogens with zero attached hydrogens (tertiary/aromatic N) is 1. The van der Waals surface area contributed by atoms with Crippen LogP contribution in [0.1, 0.15) is 11.1 Å². The van der Waals surface area contributed by atoms with Gasteiger partial charge in [0.25, 0.3) is 0 Å². The first-order valence-corrected chi connectivity index (χ1v) is 5.69. The SMILES string of the molecule is NCC#Cc1cccc(OCc2ccncc2)c1. The Morgan fingerprint density at radius 2 is 2.00 bits per heavy atom. The van der Waals surface area contributed by atoms with Crippen molar-refractivity contribution in [3.05, 3.63) is 59.9 Å². The molecule has 0 fully saturated rings. The fraction of sp³-hybridized carbons (Fsp3) is 0.133. The molecule has 2 rings (SSSR count). The highest BCUT2D eigenvalue weighted by Gasteiger charge is 1.96. The predicted molar refractivity (Wildman–Crippen MR) is 70.9 cm³/mol. The van der Waals surface area contributed by atoms with E-state index >= 15 is 0 Å². The van der Waals surface area contributed by atoms with E-state index in [1.54, 1.807) is 12.4 Å². The molecule has 1 aromatic heterocycles. The van der Waals surface area contributed by atoms with Crippen molar-refractivity contribution in [2.45, 2.75) is 6.61 Å². The van der Waals surface area contributed by atoms with E-state index in [1.807, 2.05) is 36.4 Å². The average Bonchev–Trinajstić information content (AvgIpc) is 2.44. The average molecular weight is 238 g/mol. The maximum absolute atomic E-state index is 5.69. The summed E-state index contributed by atoms with van der Waals surface area (Å²) in [5.74, 6) is 6.60. The first kappa shape index (κ1) is 12.2. The minimum absolute atomic E-state index is 0.363. The summed E-state index contributed by atoms with van der Waals surface area (Å²) in [4.78, 5) is 3.96. The molecule has 0 bridgehead atoms. The van der Waals surface area contributed by atoms with E-state index in [0.29, 0.717) is 13.2 Å². The van der Waals surface area contributed by atoms with E-state index in [4.69, 9.17) is 10.5 Å². The van der Waals surface area contributed by atoms with Gasteiger partial charge in [0.05, 0.1) is 6.54 Å². The predicted octanol–water partition coefficient (Wildman–Crippen LogP) is 1.97. The topological polar surface area (TPSA) is 48.1 Å². The molecule has 2 aromatic rings. The molecule has 0 radical (unpaired) electrons. The molecule has 0 saturated heterocycles. The second-order valence-corrected chi connectivity index (χ2v) is 3.68. The normalized spacial score (nSPS) is 9.39. The Hall–Kier alpha value is -2.31. The lowest BCUT2D eigenvalue weighted by Gasteiger charge is -2.06. The van der Waals surface area contributed by atoms with Gasteiger partial charge in [-0.15, -0.1) is 0 Å². The highest BCUT2D eigenvalue weighted by molar-refractivity contribution is 5.39. The van der Waals surface area contributed by atoms with Gasteiger partial charge in [0.1, 0.15) is 12.4 Å². The Morgan fingerprint density at radius 3 is 2.78 bits per heavy atom. The number of hydrogen-bond acceptors (Lipinski definition) is 3. The number of aromatic nitrogens is 1. The molecule has 1 aromatic carbocycles. The van der Waals surface area contributed by atoms with Gasteiger partial charge in [-0.1, -0.05) is 17.9 Å². The third-order valence-corrected chi connectivity index (χ3v) is 2.32. The Bertz CT molecular complexity index is 555. The Kier molecular flexibility index (Phi) is 4.34. The van der Waals surface area contributed by atoms with E-state index in [-0.39, 0.29) is 0 Å². The lowest BCUT2D eigenvalue weighted by molar-refractivity contribution is 0.306. The molecule has 90 valence electrons. The van der Waals surface area contributed by atoms with Crippen LogP contribution in [0.2, 0.25) is 0 Å². The van der Waals surface area contributed by atoms with Crippen LogP contribution < -0.4 is 10.5 Å². The second kappa shape index (κ2) is 6.43. The molecular weight excluding hydrogens is 224 g/mol. The highest BCUT2D eigenvalue weighted by atomic mass is 16.5. The van der Waals surface area contributed by atoms with Gasteiger partial charge < -0.3 is 10.5 Å². The third-order valence-electron chi connectivity index (χ3n) is 2.32. The van der Waals surface area contributed by atoms with Gasteiger partial charge in [-0.2, -0.15) is 0 Å². The van der Waals surface area contributed by atoms with E-state index in [0.717, 1.165) is 16.9 Å². The van der Waals surface area contributed by atoms with Gasteiger partial charge in [-0.25, -0.2) is 0 Å². The highest BCUT2D eigenvalue weighted by Crippen LogP contribution is 2.14. The summed E-state index contributed by atoms with van der Waals surface area (Å²) in [6.45, 7) is 0.887. The van der Waals surface area contributed by atoms with E-state index in [1.165, 1.54) is 0 Å². The van der Waals surface area contributed by atoms with Gasteiger partial charge in [-0.05, 0) is 35.9 Å². The van der Waals surface area contributed by atoms with Crippen LogP contribution in [-0.2, 0) is 6.61 Å². The van der Waals surface area contributed by atoms with Crippen LogP contribution >= 0.6 is 0 Å². The summed E-state index contributed by atoms with van der Waals surface area (Å²) in [6.07, 6.45) is 3.50. The molecule has 0 saturated carbocycles. The van der Waals surface area contributed by atoms with Crippen LogP contribution in [-0.4, -0.2) is 11.5 Å². The Labute approximate surface area is 107 Å². The molecule has 0 aliphatic heterocycles. The van der Waals surface area contributed by atoms with Crippen molar-refractivity contribution < 1.29 is 4.74 Å². The number of pyridine rings is 1. The van der Waals surface area contributed by atoms with Gasteiger partial charge >= 0.3 is 0 Å². The quantitative estimate of drug-likeness (QED) is 0.832. The Balaban J connectivity index is 2.01. The molecule has 3 nitrogen and oxygen atoms in total. The molecule has 0 atom stereocenters. The third kappa shape index (κ3) is 3.62. The van der Waals surface area contributed by atoms with Gasteiger partial charge in [0.15, 0.2) is 0 Å². The second-order valence-electron chi connectivity index (χ2n) is 3.68. The number of hydrogen-bond donors (Lipinski definition) is 1. The van der Waals surface area contributed by atoms with Crippen LogP contribution in [0.5, 0.6) is 5.75 Å². The summed E-state index contributed by atoms with van der Waals surface area (Å²) in [5.41, 5.74) is 7.33.